The average Bonchev–Trinajstić information content (AvgIpc) is 3.82. The molecule has 0 aliphatic heterocycles. The maximum absolute atomic E-state index is 5.14. The summed E-state index contributed by atoms with van der Waals surface area (Å²) in [6.07, 6.45) is 0. The molecule has 0 unspecified atom stereocenters. The van der Waals surface area contributed by atoms with Gasteiger partial charge in [0, 0.05) is 38.6 Å². The Hall–Kier alpha value is -8.14. The van der Waals surface area contributed by atoms with Crippen LogP contribution in [0.2, 0.25) is 0 Å². The van der Waals surface area contributed by atoms with Crippen LogP contribution in [0.25, 0.3) is 106 Å². The molecule has 302 valence electrons. The SMILES string of the molecule is CC1(C)c2ccccc2-c2ccc(-c3cc(-c4cccc(-c5cccc(-c6cc(-c7ccccc7)nc(-c7ccccc7)n6)c5)c4)cc(-n4c5ccccc5c5ccccc54)c3)cc21. The summed E-state index contributed by atoms with van der Waals surface area (Å²) in [5.74, 6) is 0.708. The van der Waals surface area contributed by atoms with E-state index in [0.717, 1.165) is 56.0 Å². The van der Waals surface area contributed by atoms with Gasteiger partial charge in [-0.2, -0.15) is 0 Å². The fraction of sp³-hybridized carbons (Fsp3) is 0.0492. The van der Waals surface area contributed by atoms with Crippen molar-refractivity contribution in [2.75, 3.05) is 0 Å². The summed E-state index contributed by atoms with van der Waals surface area (Å²) in [6.45, 7) is 4.72. The number of aromatic nitrogens is 3. The Bertz CT molecular complexity index is 3470. The summed E-state index contributed by atoms with van der Waals surface area (Å²) < 4.78 is 2.44. The number of benzene rings is 9. The van der Waals surface area contributed by atoms with Crippen LogP contribution in [0.3, 0.4) is 0 Å². The van der Waals surface area contributed by atoms with Crippen LogP contribution in [0.15, 0.2) is 224 Å². The van der Waals surface area contributed by atoms with Gasteiger partial charge in [0.15, 0.2) is 5.82 Å². The molecule has 3 heteroatoms. The lowest BCUT2D eigenvalue weighted by Crippen LogP contribution is -2.14. The van der Waals surface area contributed by atoms with E-state index in [0.29, 0.717) is 5.82 Å². The lowest BCUT2D eigenvalue weighted by molar-refractivity contribution is 0.660. The van der Waals surface area contributed by atoms with Gasteiger partial charge in [0.25, 0.3) is 0 Å². The number of rotatable bonds is 7. The Morgan fingerprint density at radius 3 is 1.47 bits per heavy atom. The van der Waals surface area contributed by atoms with Crippen LogP contribution in [0.4, 0.5) is 0 Å². The Kier molecular flexibility index (Phi) is 8.84. The molecular formula is C61H43N3. The second-order valence-corrected chi connectivity index (χ2v) is 17.4. The van der Waals surface area contributed by atoms with Crippen LogP contribution >= 0.6 is 0 Å². The van der Waals surface area contributed by atoms with Crippen molar-refractivity contribution in [3.63, 3.8) is 0 Å². The summed E-state index contributed by atoms with van der Waals surface area (Å²) in [4.78, 5) is 10.2. The molecule has 0 N–H and O–H groups in total. The van der Waals surface area contributed by atoms with Gasteiger partial charge in [-0.1, -0.05) is 184 Å². The summed E-state index contributed by atoms with van der Waals surface area (Å²) in [5.41, 5.74) is 20.7. The molecule has 0 atom stereocenters. The quantitative estimate of drug-likeness (QED) is 0.160. The molecule has 1 aliphatic rings. The maximum atomic E-state index is 5.14. The second kappa shape index (κ2) is 15.0. The molecule has 3 nitrogen and oxygen atoms in total. The minimum absolute atomic E-state index is 0.101. The normalized spacial score (nSPS) is 12.7. The number of nitrogens with zero attached hydrogens (tertiary/aromatic N) is 3. The number of para-hydroxylation sites is 2. The van der Waals surface area contributed by atoms with Crippen LogP contribution in [0.1, 0.15) is 25.0 Å². The van der Waals surface area contributed by atoms with Gasteiger partial charge >= 0.3 is 0 Å². The molecule has 0 amide bonds. The third-order valence-corrected chi connectivity index (χ3v) is 13.2. The van der Waals surface area contributed by atoms with Gasteiger partial charge in [-0.05, 0) is 110 Å². The third kappa shape index (κ3) is 6.36. The van der Waals surface area contributed by atoms with E-state index in [4.69, 9.17) is 9.97 Å². The van der Waals surface area contributed by atoms with Crippen LogP contribution < -0.4 is 0 Å². The zero-order valence-corrected chi connectivity index (χ0v) is 35.7. The highest BCUT2D eigenvalue weighted by Gasteiger charge is 2.35. The van der Waals surface area contributed by atoms with E-state index < -0.39 is 0 Å². The van der Waals surface area contributed by atoms with E-state index in [1.165, 1.54) is 55.2 Å². The van der Waals surface area contributed by atoms with E-state index >= 15 is 0 Å². The van der Waals surface area contributed by atoms with Gasteiger partial charge in [0.05, 0.1) is 22.4 Å². The largest absolute Gasteiger partial charge is 0.309 e. The molecule has 2 heterocycles. The van der Waals surface area contributed by atoms with Crippen LogP contribution in [0.5, 0.6) is 0 Å². The first-order valence-corrected chi connectivity index (χ1v) is 22.1. The molecule has 0 radical (unpaired) electrons. The monoisotopic (exact) mass is 817 g/mol. The second-order valence-electron chi connectivity index (χ2n) is 17.4. The maximum Gasteiger partial charge on any atom is 0.160 e. The van der Waals surface area contributed by atoms with Crippen molar-refractivity contribution in [2.24, 2.45) is 0 Å². The van der Waals surface area contributed by atoms with Gasteiger partial charge < -0.3 is 4.57 Å². The van der Waals surface area contributed by atoms with Crippen LogP contribution in [-0.2, 0) is 5.41 Å². The summed E-state index contributed by atoms with van der Waals surface area (Å²) >= 11 is 0. The number of hydrogen-bond donors (Lipinski definition) is 0. The van der Waals surface area contributed by atoms with E-state index in [1.54, 1.807) is 0 Å². The molecule has 64 heavy (non-hydrogen) atoms. The minimum atomic E-state index is -0.101. The molecule has 11 aromatic rings. The summed E-state index contributed by atoms with van der Waals surface area (Å²) in [6, 6.07) is 81.0. The molecule has 0 fully saturated rings. The van der Waals surface area contributed by atoms with Crippen molar-refractivity contribution in [3.05, 3.63) is 236 Å². The third-order valence-electron chi connectivity index (χ3n) is 13.2. The number of hydrogen-bond acceptors (Lipinski definition) is 2. The van der Waals surface area contributed by atoms with Crippen LogP contribution in [0, 0.1) is 0 Å². The molecule has 0 saturated heterocycles. The summed E-state index contributed by atoms with van der Waals surface area (Å²) in [5, 5.41) is 2.50. The Labute approximate surface area is 373 Å². The standard InChI is InChI=1S/C61H43N3/c1-61(2)54-28-12-9-25-50(54)51-32-31-45(38-55(51)61)48-35-47(36-49(37-48)64-58-29-13-10-26-52(58)53-27-11-14-30-59(53)64)44-23-15-21-42(33-44)43-22-16-24-46(34-43)57-39-56(40-17-5-3-6-18-40)62-60(63-57)41-19-7-4-8-20-41/h3-39H,1-2H3. The van der Waals surface area contributed by atoms with Gasteiger partial charge in [-0.15, -0.1) is 0 Å². The van der Waals surface area contributed by atoms with E-state index in [2.05, 4.69) is 219 Å². The van der Waals surface area contributed by atoms with Crippen molar-refractivity contribution >= 4 is 21.8 Å². The zero-order chi connectivity index (χ0) is 42.8. The lowest BCUT2D eigenvalue weighted by Gasteiger charge is -2.22. The smallest absolute Gasteiger partial charge is 0.160 e. The van der Waals surface area contributed by atoms with E-state index in [1.807, 2.05) is 24.3 Å². The van der Waals surface area contributed by atoms with Crippen LogP contribution in [-0.4, -0.2) is 14.5 Å². The molecule has 12 rings (SSSR count). The molecule has 1 aliphatic carbocycles. The van der Waals surface area contributed by atoms with Crippen molar-refractivity contribution in [1.29, 1.82) is 0 Å². The predicted molar refractivity (Wildman–Crippen MR) is 267 cm³/mol. The topological polar surface area (TPSA) is 30.7 Å². The molecule has 9 aromatic carbocycles. The molecule has 0 spiro atoms. The van der Waals surface area contributed by atoms with Crippen molar-refractivity contribution in [1.82, 2.24) is 14.5 Å². The average molecular weight is 818 g/mol. The first-order valence-electron chi connectivity index (χ1n) is 22.1. The highest BCUT2D eigenvalue weighted by atomic mass is 15.0. The van der Waals surface area contributed by atoms with Crippen molar-refractivity contribution < 1.29 is 0 Å². The van der Waals surface area contributed by atoms with Crippen molar-refractivity contribution in [3.8, 4) is 84.1 Å². The van der Waals surface area contributed by atoms with E-state index in [9.17, 15) is 0 Å². The minimum Gasteiger partial charge on any atom is -0.309 e. The molecule has 0 bridgehead atoms. The molecule has 0 saturated carbocycles. The van der Waals surface area contributed by atoms with E-state index in [-0.39, 0.29) is 5.41 Å². The highest BCUT2D eigenvalue weighted by molar-refractivity contribution is 6.09. The fourth-order valence-corrected chi connectivity index (χ4v) is 9.96. The Morgan fingerprint density at radius 1 is 0.328 bits per heavy atom. The van der Waals surface area contributed by atoms with Gasteiger partial charge in [-0.25, -0.2) is 9.97 Å². The first kappa shape index (κ1) is 37.6. The lowest BCUT2D eigenvalue weighted by atomic mass is 9.81. The first-order chi connectivity index (χ1) is 31.5. The molecule has 2 aromatic heterocycles. The molecular weight excluding hydrogens is 775 g/mol. The van der Waals surface area contributed by atoms with Gasteiger partial charge in [0.2, 0.25) is 0 Å². The summed E-state index contributed by atoms with van der Waals surface area (Å²) in [7, 11) is 0. The highest BCUT2D eigenvalue weighted by Crippen LogP contribution is 2.50. The number of fused-ring (bicyclic) bond motifs is 6. The van der Waals surface area contributed by atoms with Gasteiger partial charge in [-0.3, -0.25) is 0 Å². The Morgan fingerprint density at radius 2 is 0.797 bits per heavy atom. The fourth-order valence-electron chi connectivity index (χ4n) is 9.96. The zero-order valence-electron chi connectivity index (χ0n) is 35.7. The van der Waals surface area contributed by atoms with Gasteiger partial charge in [0.1, 0.15) is 0 Å². The Balaban J connectivity index is 1.000. The van der Waals surface area contributed by atoms with Crippen molar-refractivity contribution in [2.45, 2.75) is 19.3 Å². The predicted octanol–water partition coefficient (Wildman–Crippen LogP) is 15.9.